The molecule has 0 aromatic carbocycles. The van der Waals surface area contributed by atoms with Crippen molar-refractivity contribution in [1.82, 2.24) is 4.90 Å². The van der Waals surface area contributed by atoms with Gasteiger partial charge in [0.05, 0.1) is 45.0 Å². The molecular formula is C8H13N3O2. The number of hydrogen-bond donors (Lipinski definition) is 1. The number of ether oxygens (including phenoxy) is 1. The van der Waals surface area contributed by atoms with Crippen LogP contribution in [-0.4, -0.2) is 49.5 Å². The zero-order valence-electron chi connectivity index (χ0n) is 7.44. The lowest BCUT2D eigenvalue weighted by Gasteiger charge is -2.14. The van der Waals surface area contributed by atoms with Gasteiger partial charge in [-0.1, -0.05) is 0 Å². The molecule has 72 valence electrons. The van der Waals surface area contributed by atoms with Crippen LogP contribution in [0.25, 0.3) is 0 Å². The Morgan fingerprint density at radius 3 is 2.23 bits per heavy atom. The molecule has 0 bridgehead atoms. The Bertz CT molecular complexity index is 179. The highest BCUT2D eigenvalue weighted by molar-refractivity contribution is 4.83. The van der Waals surface area contributed by atoms with E-state index >= 15 is 0 Å². The molecule has 0 aliphatic heterocycles. The summed E-state index contributed by atoms with van der Waals surface area (Å²) in [5.74, 6) is 0. The fourth-order valence-corrected chi connectivity index (χ4v) is 0.774. The van der Waals surface area contributed by atoms with E-state index in [0.29, 0.717) is 19.8 Å². The van der Waals surface area contributed by atoms with Crippen LogP contribution in [0.2, 0.25) is 0 Å². The second kappa shape index (κ2) is 8.95. The Kier molecular flexibility index (Phi) is 8.17. The van der Waals surface area contributed by atoms with Gasteiger partial charge in [0.15, 0.2) is 0 Å². The standard InChI is InChI=1S/C8H13N3O2/c9-1-3-11(4-2-10)5-7-13-8-6-12/h12H,3-8H2. The van der Waals surface area contributed by atoms with Crippen LogP contribution in [0.1, 0.15) is 0 Å². The van der Waals surface area contributed by atoms with Crippen LogP contribution in [0.3, 0.4) is 0 Å². The summed E-state index contributed by atoms with van der Waals surface area (Å²) < 4.78 is 5.00. The predicted octanol–water partition coefficient (Wildman–Crippen LogP) is -0.656. The minimum atomic E-state index is -0.00347. The van der Waals surface area contributed by atoms with E-state index in [9.17, 15) is 0 Å². The maximum Gasteiger partial charge on any atom is 0.0875 e. The van der Waals surface area contributed by atoms with Crippen LogP contribution in [0.15, 0.2) is 0 Å². The molecule has 13 heavy (non-hydrogen) atoms. The molecule has 0 aliphatic rings. The third-order valence-electron chi connectivity index (χ3n) is 1.38. The summed E-state index contributed by atoms with van der Waals surface area (Å²) in [6, 6.07) is 3.93. The van der Waals surface area contributed by atoms with Gasteiger partial charge in [-0.25, -0.2) is 0 Å². The van der Waals surface area contributed by atoms with E-state index in [0.717, 1.165) is 0 Å². The Hall–Kier alpha value is -1.14. The highest BCUT2D eigenvalue weighted by atomic mass is 16.5. The summed E-state index contributed by atoms with van der Waals surface area (Å²) in [7, 11) is 0. The molecule has 0 saturated heterocycles. The number of aliphatic hydroxyl groups excluding tert-OH is 1. The highest BCUT2D eigenvalue weighted by Gasteiger charge is 2.01. The zero-order chi connectivity index (χ0) is 9.94. The van der Waals surface area contributed by atoms with Crippen LogP contribution in [-0.2, 0) is 4.74 Å². The average Bonchev–Trinajstić information content (AvgIpc) is 2.13. The van der Waals surface area contributed by atoms with Gasteiger partial charge in [0.2, 0.25) is 0 Å². The van der Waals surface area contributed by atoms with Crippen molar-refractivity contribution < 1.29 is 9.84 Å². The molecule has 0 aliphatic carbocycles. The SMILES string of the molecule is N#CCN(CC#N)CCOCCO. The molecular weight excluding hydrogens is 170 g/mol. The van der Waals surface area contributed by atoms with E-state index in [4.69, 9.17) is 20.4 Å². The third-order valence-corrected chi connectivity index (χ3v) is 1.38. The van der Waals surface area contributed by atoms with Gasteiger partial charge in [0, 0.05) is 6.54 Å². The maximum atomic E-state index is 8.39. The van der Waals surface area contributed by atoms with Crippen molar-refractivity contribution in [2.24, 2.45) is 0 Å². The molecule has 1 N–H and O–H groups in total. The van der Waals surface area contributed by atoms with E-state index < -0.39 is 0 Å². The highest BCUT2D eigenvalue weighted by Crippen LogP contribution is 1.86. The van der Waals surface area contributed by atoms with Gasteiger partial charge in [-0.05, 0) is 0 Å². The third kappa shape index (κ3) is 7.23. The monoisotopic (exact) mass is 183 g/mol. The quantitative estimate of drug-likeness (QED) is 0.419. The van der Waals surface area contributed by atoms with Gasteiger partial charge in [-0.2, -0.15) is 10.5 Å². The zero-order valence-corrected chi connectivity index (χ0v) is 7.44. The maximum absolute atomic E-state index is 8.39. The number of nitrogens with zero attached hydrogens (tertiary/aromatic N) is 3. The lowest BCUT2D eigenvalue weighted by Crippen LogP contribution is -2.28. The van der Waals surface area contributed by atoms with Gasteiger partial charge in [0.25, 0.3) is 0 Å². The van der Waals surface area contributed by atoms with Crippen LogP contribution in [0.4, 0.5) is 0 Å². The molecule has 0 amide bonds. The topological polar surface area (TPSA) is 80.3 Å². The van der Waals surface area contributed by atoms with Crippen molar-refractivity contribution >= 4 is 0 Å². The van der Waals surface area contributed by atoms with E-state index in [1.165, 1.54) is 0 Å². The van der Waals surface area contributed by atoms with Crippen molar-refractivity contribution in [3.63, 3.8) is 0 Å². The van der Waals surface area contributed by atoms with Crippen LogP contribution in [0.5, 0.6) is 0 Å². The fraction of sp³-hybridized carbons (Fsp3) is 0.750. The molecule has 0 fully saturated rings. The van der Waals surface area contributed by atoms with Crippen molar-refractivity contribution in [1.29, 1.82) is 10.5 Å². The number of rotatable bonds is 7. The molecule has 0 unspecified atom stereocenters. The summed E-state index contributed by atoms with van der Waals surface area (Å²) in [6.07, 6.45) is 0. The first kappa shape index (κ1) is 11.9. The van der Waals surface area contributed by atoms with Gasteiger partial charge in [0.1, 0.15) is 0 Å². The Morgan fingerprint density at radius 1 is 1.15 bits per heavy atom. The van der Waals surface area contributed by atoms with Crippen molar-refractivity contribution in [2.75, 3.05) is 39.5 Å². The Labute approximate surface area is 77.7 Å². The first-order chi connectivity index (χ1) is 6.35. The number of aliphatic hydroxyl groups is 1. The molecule has 0 aromatic heterocycles. The molecule has 5 nitrogen and oxygen atoms in total. The summed E-state index contributed by atoms with van der Waals surface area (Å²) in [4.78, 5) is 1.68. The lowest BCUT2D eigenvalue weighted by atomic mass is 10.5. The molecule has 5 heteroatoms. The van der Waals surface area contributed by atoms with Gasteiger partial charge in [-0.3, -0.25) is 4.90 Å². The van der Waals surface area contributed by atoms with Gasteiger partial charge in [-0.15, -0.1) is 0 Å². The molecule has 0 heterocycles. The summed E-state index contributed by atoms with van der Waals surface area (Å²) in [5.41, 5.74) is 0. The normalized spacial score (nSPS) is 9.54. The summed E-state index contributed by atoms with van der Waals surface area (Å²) in [6.45, 7) is 1.74. The molecule has 0 radical (unpaired) electrons. The number of nitriles is 2. The number of hydrogen-bond acceptors (Lipinski definition) is 5. The van der Waals surface area contributed by atoms with Crippen molar-refractivity contribution in [2.45, 2.75) is 0 Å². The molecule has 0 saturated carbocycles. The van der Waals surface area contributed by atoms with E-state index in [2.05, 4.69) is 0 Å². The molecule has 0 spiro atoms. The minimum Gasteiger partial charge on any atom is -0.394 e. The van der Waals surface area contributed by atoms with E-state index in [-0.39, 0.29) is 19.7 Å². The molecule has 0 rings (SSSR count). The van der Waals surface area contributed by atoms with E-state index in [1.54, 1.807) is 4.90 Å². The Balaban J connectivity index is 3.47. The van der Waals surface area contributed by atoms with Crippen LogP contribution < -0.4 is 0 Å². The summed E-state index contributed by atoms with van der Waals surface area (Å²) >= 11 is 0. The summed E-state index contributed by atoms with van der Waals surface area (Å²) in [5, 5.41) is 25.2. The second-order valence-electron chi connectivity index (χ2n) is 2.36. The lowest BCUT2D eigenvalue weighted by molar-refractivity contribution is 0.0784. The smallest absolute Gasteiger partial charge is 0.0875 e. The van der Waals surface area contributed by atoms with Crippen molar-refractivity contribution in [3.8, 4) is 12.1 Å². The van der Waals surface area contributed by atoms with Crippen molar-refractivity contribution in [3.05, 3.63) is 0 Å². The van der Waals surface area contributed by atoms with Crippen LogP contribution >= 0.6 is 0 Å². The first-order valence-electron chi connectivity index (χ1n) is 4.00. The van der Waals surface area contributed by atoms with E-state index in [1.807, 2.05) is 12.1 Å². The molecule has 0 atom stereocenters. The van der Waals surface area contributed by atoms with Gasteiger partial charge < -0.3 is 9.84 Å². The minimum absolute atomic E-state index is 0.00347. The molecule has 0 aromatic rings. The first-order valence-corrected chi connectivity index (χ1v) is 4.00. The fourth-order valence-electron chi connectivity index (χ4n) is 0.774. The second-order valence-corrected chi connectivity index (χ2v) is 2.36. The van der Waals surface area contributed by atoms with Crippen LogP contribution in [0, 0.1) is 22.7 Å². The average molecular weight is 183 g/mol. The predicted molar refractivity (Wildman–Crippen MR) is 45.6 cm³/mol. The largest absolute Gasteiger partial charge is 0.394 e. The van der Waals surface area contributed by atoms with Gasteiger partial charge >= 0.3 is 0 Å². The Morgan fingerprint density at radius 2 is 1.77 bits per heavy atom.